The van der Waals surface area contributed by atoms with Crippen molar-refractivity contribution in [1.29, 1.82) is 0 Å². The van der Waals surface area contributed by atoms with Gasteiger partial charge >= 0.3 is 0 Å². The fourth-order valence-electron chi connectivity index (χ4n) is 1.87. The average molecular weight is 291 g/mol. The van der Waals surface area contributed by atoms with E-state index in [1.54, 1.807) is 25.2 Å². The molecule has 2 rings (SSSR count). The Morgan fingerprint density at radius 2 is 1.75 bits per heavy atom. The summed E-state index contributed by atoms with van der Waals surface area (Å²) in [5.41, 5.74) is 0.946. The Morgan fingerprint density at radius 3 is 2.40 bits per heavy atom. The molecule has 106 valence electrons. The van der Waals surface area contributed by atoms with Gasteiger partial charge in [-0.15, -0.1) is 0 Å². The van der Waals surface area contributed by atoms with Crippen LogP contribution in [0.5, 0.6) is 5.75 Å². The molecule has 5 heteroatoms. The molecule has 0 aliphatic rings. The first kappa shape index (κ1) is 14.6. The lowest BCUT2D eigenvalue weighted by atomic mass is 10.2. The third kappa shape index (κ3) is 3.18. The molecular formula is C15H17NO3S. The van der Waals surface area contributed by atoms with Crippen LogP contribution in [-0.2, 0) is 16.6 Å². The lowest BCUT2D eigenvalue weighted by molar-refractivity contribution is 0.412. The number of ether oxygens (including phenoxy) is 1. The predicted molar refractivity (Wildman–Crippen MR) is 78.1 cm³/mol. The fraction of sp³-hybridized carbons (Fsp3) is 0.200. The minimum atomic E-state index is -3.52. The van der Waals surface area contributed by atoms with E-state index in [-0.39, 0.29) is 4.90 Å². The Kier molecular flexibility index (Phi) is 4.42. The standard InChI is InChI=1S/C15H17NO3S/c1-16(12-13-7-4-3-5-8-13)20(17,18)15-10-6-9-14(11-15)19-2/h3-11H,12H2,1-2H3. The van der Waals surface area contributed by atoms with E-state index in [1.807, 2.05) is 30.3 Å². The number of sulfonamides is 1. The highest BCUT2D eigenvalue weighted by atomic mass is 32.2. The zero-order valence-electron chi connectivity index (χ0n) is 11.5. The van der Waals surface area contributed by atoms with Crippen molar-refractivity contribution in [2.24, 2.45) is 0 Å². The summed E-state index contributed by atoms with van der Waals surface area (Å²) in [7, 11) is -0.432. The number of rotatable bonds is 5. The Balaban J connectivity index is 2.25. The van der Waals surface area contributed by atoms with Crippen LogP contribution in [0, 0.1) is 0 Å². The third-order valence-electron chi connectivity index (χ3n) is 3.00. The van der Waals surface area contributed by atoms with Crippen molar-refractivity contribution in [3.8, 4) is 5.75 Å². The zero-order chi connectivity index (χ0) is 14.6. The maximum atomic E-state index is 12.5. The van der Waals surface area contributed by atoms with Crippen LogP contribution in [0.2, 0.25) is 0 Å². The summed E-state index contributed by atoms with van der Waals surface area (Å²) in [4.78, 5) is 0.232. The van der Waals surface area contributed by atoms with Gasteiger partial charge in [0.25, 0.3) is 0 Å². The van der Waals surface area contributed by atoms with Crippen molar-refractivity contribution in [3.05, 3.63) is 60.2 Å². The second kappa shape index (κ2) is 6.07. The second-order valence-corrected chi connectivity index (χ2v) is 6.47. The molecule has 20 heavy (non-hydrogen) atoms. The molecule has 0 saturated heterocycles. The molecule has 0 aliphatic heterocycles. The summed E-state index contributed by atoms with van der Waals surface area (Å²) < 4.78 is 31.3. The van der Waals surface area contributed by atoms with Crippen LogP contribution in [-0.4, -0.2) is 26.9 Å². The van der Waals surface area contributed by atoms with E-state index in [1.165, 1.54) is 17.5 Å². The van der Waals surface area contributed by atoms with Gasteiger partial charge in [-0.05, 0) is 17.7 Å². The zero-order valence-corrected chi connectivity index (χ0v) is 12.3. The molecule has 0 N–H and O–H groups in total. The Hall–Kier alpha value is -1.85. The van der Waals surface area contributed by atoms with Crippen LogP contribution in [0.3, 0.4) is 0 Å². The summed E-state index contributed by atoms with van der Waals surface area (Å²) in [6.07, 6.45) is 0. The summed E-state index contributed by atoms with van der Waals surface area (Å²) >= 11 is 0. The van der Waals surface area contributed by atoms with Crippen molar-refractivity contribution < 1.29 is 13.2 Å². The number of hydrogen-bond acceptors (Lipinski definition) is 3. The van der Waals surface area contributed by atoms with E-state index in [0.717, 1.165) is 5.56 Å². The highest BCUT2D eigenvalue weighted by molar-refractivity contribution is 7.89. The van der Waals surface area contributed by atoms with Gasteiger partial charge in [-0.25, -0.2) is 8.42 Å². The number of benzene rings is 2. The topological polar surface area (TPSA) is 46.6 Å². The van der Waals surface area contributed by atoms with Crippen LogP contribution in [0.25, 0.3) is 0 Å². The van der Waals surface area contributed by atoms with Crippen LogP contribution in [0.15, 0.2) is 59.5 Å². The molecule has 0 amide bonds. The van der Waals surface area contributed by atoms with E-state index in [9.17, 15) is 8.42 Å². The minimum absolute atomic E-state index is 0.232. The first-order valence-corrected chi connectivity index (χ1v) is 7.62. The van der Waals surface area contributed by atoms with E-state index in [2.05, 4.69) is 0 Å². The largest absolute Gasteiger partial charge is 0.497 e. The predicted octanol–water partition coefficient (Wildman–Crippen LogP) is 2.52. The Bertz CT molecular complexity index is 669. The molecule has 0 aliphatic carbocycles. The van der Waals surface area contributed by atoms with Crippen LogP contribution < -0.4 is 4.74 Å². The van der Waals surface area contributed by atoms with Crippen LogP contribution >= 0.6 is 0 Å². The normalized spacial score (nSPS) is 11.6. The maximum absolute atomic E-state index is 12.5. The van der Waals surface area contributed by atoms with Gasteiger partial charge in [0.1, 0.15) is 5.75 Å². The number of methoxy groups -OCH3 is 1. The molecule has 0 spiro atoms. The number of hydrogen-bond donors (Lipinski definition) is 0. The van der Waals surface area contributed by atoms with Crippen LogP contribution in [0.4, 0.5) is 0 Å². The fourth-order valence-corrected chi connectivity index (χ4v) is 3.06. The molecule has 4 nitrogen and oxygen atoms in total. The smallest absolute Gasteiger partial charge is 0.243 e. The van der Waals surface area contributed by atoms with Crippen LogP contribution in [0.1, 0.15) is 5.56 Å². The van der Waals surface area contributed by atoms with E-state index in [0.29, 0.717) is 12.3 Å². The van der Waals surface area contributed by atoms with Gasteiger partial charge in [0.2, 0.25) is 10.0 Å². The Labute approximate surface area is 119 Å². The molecule has 0 aromatic heterocycles. The molecule has 0 unspecified atom stereocenters. The lowest BCUT2D eigenvalue weighted by Gasteiger charge is -2.17. The second-order valence-electron chi connectivity index (χ2n) is 4.43. The van der Waals surface area contributed by atoms with Crippen molar-refractivity contribution >= 4 is 10.0 Å². The molecule has 0 saturated carbocycles. The van der Waals surface area contributed by atoms with E-state index in [4.69, 9.17) is 4.74 Å². The van der Waals surface area contributed by atoms with E-state index >= 15 is 0 Å². The highest BCUT2D eigenvalue weighted by Gasteiger charge is 2.21. The lowest BCUT2D eigenvalue weighted by Crippen LogP contribution is -2.26. The molecule has 0 radical (unpaired) electrons. The molecule has 0 heterocycles. The summed E-state index contributed by atoms with van der Waals surface area (Å²) in [5, 5.41) is 0. The van der Waals surface area contributed by atoms with Crippen molar-refractivity contribution in [1.82, 2.24) is 4.31 Å². The third-order valence-corrected chi connectivity index (χ3v) is 4.80. The van der Waals surface area contributed by atoms with Gasteiger partial charge in [0.05, 0.1) is 12.0 Å². The Morgan fingerprint density at radius 1 is 1.05 bits per heavy atom. The molecule has 0 fully saturated rings. The van der Waals surface area contributed by atoms with Gasteiger partial charge < -0.3 is 4.74 Å². The van der Waals surface area contributed by atoms with E-state index < -0.39 is 10.0 Å². The SMILES string of the molecule is COc1cccc(S(=O)(=O)N(C)Cc2ccccc2)c1. The molecular weight excluding hydrogens is 274 g/mol. The molecule has 0 bridgehead atoms. The summed E-state index contributed by atoms with van der Waals surface area (Å²) in [5.74, 6) is 0.527. The molecule has 2 aromatic rings. The minimum Gasteiger partial charge on any atom is -0.497 e. The van der Waals surface area contributed by atoms with Crippen molar-refractivity contribution in [2.45, 2.75) is 11.4 Å². The average Bonchev–Trinajstić information content (AvgIpc) is 2.48. The monoisotopic (exact) mass is 291 g/mol. The first-order valence-electron chi connectivity index (χ1n) is 6.18. The van der Waals surface area contributed by atoms with Gasteiger partial charge in [-0.1, -0.05) is 36.4 Å². The van der Waals surface area contributed by atoms with Gasteiger partial charge in [0, 0.05) is 19.7 Å². The first-order chi connectivity index (χ1) is 9.54. The highest BCUT2D eigenvalue weighted by Crippen LogP contribution is 2.21. The quantitative estimate of drug-likeness (QED) is 0.850. The summed E-state index contributed by atoms with van der Waals surface area (Å²) in [6.45, 7) is 0.334. The van der Waals surface area contributed by atoms with Crippen molar-refractivity contribution in [2.75, 3.05) is 14.2 Å². The number of nitrogens with zero attached hydrogens (tertiary/aromatic N) is 1. The maximum Gasteiger partial charge on any atom is 0.243 e. The molecule has 2 aromatic carbocycles. The van der Waals surface area contributed by atoms with Crippen molar-refractivity contribution in [3.63, 3.8) is 0 Å². The molecule has 0 atom stereocenters. The summed E-state index contributed by atoms with van der Waals surface area (Å²) in [6, 6.07) is 16.0. The van der Waals surface area contributed by atoms with Gasteiger partial charge in [-0.3, -0.25) is 0 Å². The van der Waals surface area contributed by atoms with Gasteiger partial charge in [-0.2, -0.15) is 4.31 Å². The van der Waals surface area contributed by atoms with Gasteiger partial charge in [0.15, 0.2) is 0 Å².